The van der Waals surface area contributed by atoms with E-state index in [0.29, 0.717) is 49.3 Å². The molecular formula is C22H23FN8O2. The Morgan fingerprint density at radius 2 is 1.97 bits per heavy atom. The number of carbonyl (C=O) groups excluding carboxylic acids is 1. The third-order valence-corrected chi connectivity index (χ3v) is 5.98. The molecule has 3 aromatic heterocycles. The summed E-state index contributed by atoms with van der Waals surface area (Å²) in [4.78, 5) is 37.2. The number of anilines is 2. The van der Waals surface area contributed by atoms with Gasteiger partial charge in [0.25, 0.3) is 0 Å². The Labute approximate surface area is 189 Å². The van der Waals surface area contributed by atoms with E-state index in [0.717, 1.165) is 11.3 Å². The number of halogens is 1. The Bertz CT molecular complexity index is 1180. The van der Waals surface area contributed by atoms with Gasteiger partial charge in [0.2, 0.25) is 11.9 Å². The van der Waals surface area contributed by atoms with Crippen LogP contribution in [-0.2, 0) is 16.0 Å². The van der Waals surface area contributed by atoms with Crippen LogP contribution < -0.4 is 15.5 Å². The number of aromatic nitrogens is 5. The number of rotatable bonds is 4. The molecule has 0 aromatic carbocycles. The van der Waals surface area contributed by atoms with Crippen molar-refractivity contribution in [2.75, 3.05) is 36.0 Å². The minimum Gasteiger partial charge on any atom is -0.367 e. The van der Waals surface area contributed by atoms with Crippen LogP contribution in [0.2, 0.25) is 0 Å². The topological polar surface area (TPSA) is 123 Å². The number of pyridine rings is 1. The molecule has 0 bridgehead atoms. The third kappa shape index (κ3) is 4.19. The molecule has 1 amide bonds. The SMILES string of the molecule is CC1c2cnc(-c3ncccn3)nc2CCN1c1cc(N2CCOC(C(N)=O)C2)cc(F)n1. The van der Waals surface area contributed by atoms with Crippen molar-refractivity contribution in [3.05, 3.63) is 54.0 Å². The Hall–Kier alpha value is -3.73. The fraction of sp³-hybridized carbons (Fsp3) is 0.364. The lowest BCUT2D eigenvalue weighted by Gasteiger charge is -2.37. The van der Waals surface area contributed by atoms with Crippen LogP contribution in [0.1, 0.15) is 24.2 Å². The van der Waals surface area contributed by atoms with Gasteiger partial charge < -0.3 is 20.3 Å². The number of carbonyl (C=O) groups is 1. The van der Waals surface area contributed by atoms with E-state index >= 15 is 0 Å². The molecule has 0 aliphatic carbocycles. The summed E-state index contributed by atoms with van der Waals surface area (Å²) in [7, 11) is 0. The Kier molecular flexibility index (Phi) is 5.55. The maximum atomic E-state index is 14.5. The van der Waals surface area contributed by atoms with Crippen molar-refractivity contribution in [2.45, 2.75) is 25.5 Å². The fourth-order valence-electron chi connectivity index (χ4n) is 4.25. The normalized spacial score (nSPS) is 20.4. The predicted molar refractivity (Wildman–Crippen MR) is 118 cm³/mol. The van der Waals surface area contributed by atoms with E-state index < -0.39 is 18.0 Å². The predicted octanol–water partition coefficient (Wildman–Crippen LogP) is 1.28. The molecule has 1 fully saturated rings. The van der Waals surface area contributed by atoms with Gasteiger partial charge in [-0.3, -0.25) is 4.79 Å². The molecule has 2 aliphatic rings. The van der Waals surface area contributed by atoms with Crippen LogP contribution in [0.25, 0.3) is 11.6 Å². The van der Waals surface area contributed by atoms with Crippen molar-refractivity contribution >= 4 is 17.4 Å². The average molecular weight is 450 g/mol. The van der Waals surface area contributed by atoms with Gasteiger partial charge in [-0.2, -0.15) is 4.39 Å². The van der Waals surface area contributed by atoms with Gasteiger partial charge in [0.15, 0.2) is 17.8 Å². The Morgan fingerprint density at radius 3 is 2.76 bits per heavy atom. The molecule has 5 rings (SSSR count). The van der Waals surface area contributed by atoms with Crippen molar-refractivity contribution < 1.29 is 13.9 Å². The first-order chi connectivity index (χ1) is 16.0. The summed E-state index contributed by atoms with van der Waals surface area (Å²) >= 11 is 0. The summed E-state index contributed by atoms with van der Waals surface area (Å²) < 4.78 is 19.9. The monoisotopic (exact) mass is 450 g/mol. The molecule has 2 unspecified atom stereocenters. The maximum absolute atomic E-state index is 14.5. The minimum absolute atomic E-state index is 0.107. The zero-order valence-corrected chi connectivity index (χ0v) is 18.1. The first-order valence-corrected chi connectivity index (χ1v) is 10.7. The number of hydrogen-bond acceptors (Lipinski definition) is 9. The van der Waals surface area contributed by atoms with Gasteiger partial charge in [0.1, 0.15) is 5.82 Å². The highest BCUT2D eigenvalue weighted by Gasteiger charge is 2.29. The summed E-state index contributed by atoms with van der Waals surface area (Å²) in [5, 5.41) is 0. The van der Waals surface area contributed by atoms with E-state index in [1.54, 1.807) is 24.7 Å². The number of primary amides is 1. The molecule has 33 heavy (non-hydrogen) atoms. The summed E-state index contributed by atoms with van der Waals surface area (Å²) in [6, 6.07) is 4.84. The van der Waals surface area contributed by atoms with Crippen LogP contribution in [0.3, 0.4) is 0 Å². The van der Waals surface area contributed by atoms with E-state index in [4.69, 9.17) is 10.5 Å². The second-order valence-corrected chi connectivity index (χ2v) is 8.00. The van der Waals surface area contributed by atoms with Crippen LogP contribution in [0, 0.1) is 5.95 Å². The van der Waals surface area contributed by atoms with Crippen molar-refractivity contribution in [3.8, 4) is 11.6 Å². The molecule has 11 heteroatoms. The first-order valence-electron chi connectivity index (χ1n) is 10.7. The summed E-state index contributed by atoms with van der Waals surface area (Å²) in [5.74, 6) is 0.358. The van der Waals surface area contributed by atoms with E-state index in [2.05, 4.69) is 24.9 Å². The molecule has 2 atom stereocenters. The van der Waals surface area contributed by atoms with Gasteiger partial charge in [-0.15, -0.1) is 0 Å². The van der Waals surface area contributed by atoms with Gasteiger partial charge in [0, 0.05) is 61.5 Å². The van der Waals surface area contributed by atoms with Crippen LogP contribution in [0.15, 0.2) is 36.8 Å². The van der Waals surface area contributed by atoms with Crippen LogP contribution in [0.4, 0.5) is 15.9 Å². The molecule has 0 spiro atoms. The second kappa shape index (κ2) is 8.66. The molecule has 0 saturated carbocycles. The van der Waals surface area contributed by atoms with E-state index in [1.807, 2.05) is 22.8 Å². The first kappa shape index (κ1) is 21.1. The maximum Gasteiger partial charge on any atom is 0.248 e. The molecule has 2 aliphatic heterocycles. The number of fused-ring (bicyclic) bond motifs is 1. The zero-order chi connectivity index (χ0) is 22.9. The van der Waals surface area contributed by atoms with Crippen molar-refractivity contribution in [1.82, 2.24) is 24.9 Å². The standard InChI is InChI=1S/C22H23FN8O2/c1-13-15-11-27-22(21-25-4-2-5-26-21)28-16(15)3-6-31(13)19-10-14(9-18(23)29-19)30-7-8-33-17(12-30)20(24)32/h2,4-5,9-11,13,17H,3,6-8,12H2,1H3,(H2,24,32). The van der Waals surface area contributed by atoms with Gasteiger partial charge in [-0.1, -0.05) is 0 Å². The Morgan fingerprint density at radius 1 is 1.15 bits per heavy atom. The molecule has 3 aromatic rings. The summed E-state index contributed by atoms with van der Waals surface area (Å²) in [6.07, 6.45) is 5.02. The largest absolute Gasteiger partial charge is 0.367 e. The van der Waals surface area contributed by atoms with Crippen LogP contribution in [0.5, 0.6) is 0 Å². The van der Waals surface area contributed by atoms with Gasteiger partial charge in [-0.25, -0.2) is 24.9 Å². The van der Waals surface area contributed by atoms with E-state index in [-0.39, 0.29) is 12.6 Å². The lowest BCUT2D eigenvalue weighted by Crippen LogP contribution is -2.48. The molecule has 170 valence electrons. The number of morpholine rings is 1. The lowest BCUT2D eigenvalue weighted by molar-refractivity contribution is -0.130. The highest BCUT2D eigenvalue weighted by Crippen LogP contribution is 2.34. The fourth-order valence-corrected chi connectivity index (χ4v) is 4.25. The Balaban J connectivity index is 1.41. The molecule has 2 N–H and O–H groups in total. The zero-order valence-electron chi connectivity index (χ0n) is 18.1. The molecule has 1 saturated heterocycles. The average Bonchev–Trinajstić information content (AvgIpc) is 2.84. The lowest BCUT2D eigenvalue weighted by atomic mass is 9.99. The highest BCUT2D eigenvalue weighted by atomic mass is 19.1. The van der Waals surface area contributed by atoms with E-state index in [9.17, 15) is 9.18 Å². The number of amides is 1. The third-order valence-electron chi connectivity index (χ3n) is 5.98. The quantitative estimate of drug-likeness (QED) is 0.586. The van der Waals surface area contributed by atoms with E-state index in [1.165, 1.54) is 6.07 Å². The van der Waals surface area contributed by atoms with Crippen LogP contribution >= 0.6 is 0 Å². The molecule has 0 radical (unpaired) electrons. The van der Waals surface area contributed by atoms with Crippen molar-refractivity contribution in [2.24, 2.45) is 5.73 Å². The molecule has 5 heterocycles. The number of nitrogens with zero attached hydrogens (tertiary/aromatic N) is 7. The molecule has 10 nitrogen and oxygen atoms in total. The highest BCUT2D eigenvalue weighted by molar-refractivity contribution is 5.80. The van der Waals surface area contributed by atoms with Gasteiger partial charge in [-0.05, 0) is 13.0 Å². The van der Waals surface area contributed by atoms with Crippen LogP contribution in [-0.4, -0.2) is 63.2 Å². The van der Waals surface area contributed by atoms with Crippen molar-refractivity contribution in [1.29, 1.82) is 0 Å². The minimum atomic E-state index is -0.723. The number of ether oxygens (including phenoxy) is 1. The van der Waals surface area contributed by atoms with Crippen molar-refractivity contribution in [3.63, 3.8) is 0 Å². The smallest absolute Gasteiger partial charge is 0.248 e. The van der Waals surface area contributed by atoms with Gasteiger partial charge >= 0.3 is 0 Å². The van der Waals surface area contributed by atoms with Gasteiger partial charge in [0.05, 0.1) is 24.9 Å². The number of nitrogens with two attached hydrogens (primary N) is 1. The summed E-state index contributed by atoms with van der Waals surface area (Å²) in [5.41, 5.74) is 7.90. The molecular weight excluding hydrogens is 427 g/mol. The number of hydrogen-bond donors (Lipinski definition) is 1. The second-order valence-electron chi connectivity index (χ2n) is 8.00. The summed E-state index contributed by atoms with van der Waals surface area (Å²) in [6.45, 7) is 3.77.